The topological polar surface area (TPSA) is 48.1 Å². The summed E-state index contributed by atoms with van der Waals surface area (Å²) in [6.07, 6.45) is 0.186. The van der Waals surface area contributed by atoms with Gasteiger partial charge in [0, 0.05) is 22.9 Å². The zero-order chi connectivity index (χ0) is 9.97. The molecule has 1 aliphatic rings. The summed E-state index contributed by atoms with van der Waals surface area (Å²) in [5, 5.41) is 3.10. The Morgan fingerprint density at radius 3 is 3.14 bits per heavy atom. The second-order valence-electron chi connectivity index (χ2n) is 3.33. The lowest BCUT2D eigenvalue weighted by Crippen LogP contribution is -2.15. The lowest BCUT2D eigenvalue weighted by Gasteiger charge is -2.19. The van der Waals surface area contributed by atoms with Crippen molar-refractivity contribution in [2.45, 2.75) is 19.1 Å². The number of thiazole rings is 1. The largest absolute Gasteiger partial charge is 0.369 e. The summed E-state index contributed by atoms with van der Waals surface area (Å²) in [4.78, 5) is 4.49. The quantitative estimate of drug-likeness (QED) is 0.844. The summed E-state index contributed by atoms with van der Waals surface area (Å²) in [6.45, 7) is 2.79. The van der Waals surface area contributed by atoms with Crippen LogP contribution in [0.15, 0.2) is 5.38 Å². The molecule has 0 spiro atoms. The molecule has 1 aromatic rings. The van der Waals surface area contributed by atoms with Crippen molar-refractivity contribution in [1.29, 1.82) is 0 Å². The predicted octanol–water partition coefficient (Wildman–Crippen LogP) is 1.97. The van der Waals surface area contributed by atoms with Crippen molar-refractivity contribution in [3.8, 4) is 0 Å². The summed E-state index contributed by atoms with van der Waals surface area (Å²) in [5.41, 5.74) is 6.73. The van der Waals surface area contributed by atoms with Crippen molar-refractivity contribution < 1.29 is 4.74 Å². The molecule has 1 aromatic heterocycles. The highest BCUT2D eigenvalue weighted by Crippen LogP contribution is 2.29. The maximum Gasteiger partial charge on any atom is 0.123 e. The van der Waals surface area contributed by atoms with Crippen LogP contribution in [0, 0.1) is 0 Å². The summed E-state index contributed by atoms with van der Waals surface area (Å²) < 4.78 is 5.64. The maximum absolute atomic E-state index is 5.75. The monoisotopic (exact) mass is 230 g/mol. The SMILES string of the molecule is CC(N)c1csc(C2CSCCO2)n1. The Bertz CT molecular complexity index is 295. The van der Waals surface area contributed by atoms with E-state index >= 15 is 0 Å². The highest BCUT2D eigenvalue weighted by atomic mass is 32.2. The van der Waals surface area contributed by atoms with Crippen molar-refractivity contribution in [2.75, 3.05) is 18.1 Å². The standard InChI is InChI=1S/C9H14N2OS2/c1-6(10)7-4-14-9(11-7)8-5-13-3-2-12-8/h4,6,8H,2-3,5,10H2,1H3. The second-order valence-corrected chi connectivity index (χ2v) is 5.37. The summed E-state index contributed by atoms with van der Waals surface area (Å²) in [5.74, 6) is 2.12. The number of thioether (sulfide) groups is 1. The van der Waals surface area contributed by atoms with E-state index in [2.05, 4.69) is 4.98 Å². The molecule has 2 atom stereocenters. The number of nitrogens with zero attached hydrogens (tertiary/aromatic N) is 1. The van der Waals surface area contributed by atoms with Gasteiger partial charge in [0.15, 0.2) is 0 Å². The molecule has 1 saturated heterocycles. The first-order chi connectivity index (χ1) is 6.77. The zero-order valence-electron chi connectivity index (χ0n) is 8.10. The molecule has 2 unspecified atom stereocenters. The van der Waals surface area contributed by atoms with E-state index in [0.29, 0.717) is 0 Å². The van der Waals surface area contributed by atoms with E-state index in [1.165, 1.54) is 0 Å². The van der Waals surface area contributed by atoms with Crippen LogP contribution >= 0.6 is 23.1 Å². The molecule has 5 heteroatoms. The molecule has 14 heavy (non-hydrogen) atoms. The third-order valence-corrected chi connectivity index (χ3v) is 4.05. The summed E-state index contributed by atoms with van der Waals surface area (Å²) in [7, 11) is 0. The van der Waals surface area contributed by atoms with Gasteiger partial charge in [-0.15, -0.1) is 11.3 Å². The number of ether oxygens (including phenoxy) is 1. The summed E-state index contributed by atoms with van der Waals surface area (Å²) in [6, 6.07) is 0.0243. The molecule has 0 aliphatic carbocycles. The average Bonchev–Trinajstić information content (AvgIpc) is 2.68. The van der Waals surface area contributed by atoms with Crippen LogP contribution in [0.4, 0.5) is 0 Å². The van der Waals surface area contributed by atoms with Gasteiger partial charge in [0.05, 0.1) is 12.3 Å². The van der Waals surface area contributed by atoms with Gasteiger partial charge in [-0.25, -0.2) is 4.98 Å². The van der Waals surface area contributed by atoms with Gasteiger partial charge in [-0.2, -0.15) is 11.8 Å². The maximum atomic E-state index is 5.75. The van der Waals surface area contributed by atoms with Crippen LogP contribution in [0.3, 0.4) is 0 Å². The number of nitrogens with two attached hydrogens (primary N) is 1. The molecular weight excluding hydrogens is 216 g/mol. The van der Waals surface area contributed by atoms with Crippen molar-refractivity contribution in [3.05, 3.63) is 16.1 Å². The van der Waals surface area contributed by atoms with Crippen LogP contribution < -0.4 is 5.73 Å². The number of hydrogen-bond donors (Lipinski definition) is 1. The Labute approximate surface area is 92.1 Å². The molecule has 3 nitrogen and oxygen atoms in total. The van der Waals surface area contributed by atoms with Crippen molar-refractivity contribution >= 4 is 23.1 Å². The lowest BCUT2D eigenvalue weighted by atomic mass is 10.3. The zero-order valence-corrected chi connectivity index (χ0v) is 9.74. The molecule has 0 aromatic carbocycles. The van der Waals surface area contributed by atoms with Crippen LogP contribution in [0.1, 0.15) is 29.8 Å². The molecule has 2 rings (SSSR count). The molecule has 1 fully saturated rings. The van der Waals surface area contributed by atoms with E-state index < -0.39 is 0 Å². The van der Waals surface area contributed by atoms with Crippen molar-refractivity contribution in [1.82, 2.24) is 4.98 Å². The van der Waals surface area contributed by atoms with E-state index in [0.717, 1.165) is 28.8 Å². The van der Waals surface area contributed by atoms with E-state index in [9.17, 15) is 0 Å². The van der Waals surface area contributed by atoms with Crippen LogP contribution in [0.25, 0.3) is 0 Å². The average molecular weight is 230 g/mol. The lowest BCUT2D eigenvalue weighted by molar-refractivity contribution is 0.0754. The second kappa shape index (κ2) is 4.61. The molecule has 2 heterocycles. The van der Waals surface area contributed by atoms with Gasteiger partial charge in [0.25, 0.3) is 0 Å². The molecule has 2 N–H and O–H groups in total. The first-order valence-electron chi connectivity index (χ1n) is 4.67. The normalized spacial score (nSPS) is 24.9. The van der Waals surface area contributed by atoms with Crippen LogP contribution in [-0.4, -0.2) is 23.1 Å². The first-order valence-corrected chi connectivity index (χ1v) is 6.71. The fraction of sp³-hybridized carbons (Fsp3) is 0.667. The van der Waals surface area contributed by atoms with Gasteiger partial charge in [-0.05, 0) is 6.92 Å². The first kappa shape index (κ1) is 10.4. The van der Waals surface area contributed by atoms with Gasteiger partial charge in [-0.1, -0.05) is 0 Å². The molecule has 0 amide bonds. The number of aromatic nitrogens is 1. The fourth-order valence-electron chi connectivity index (χ4n) is 1.29. The third kappa shape index (κ3) is 2.28. The Morgan fingerprint density at radius 2 is 2.57 bits per heavy atom. The van der Waals surface area contributed by atoms with E-state index in [1.807, 2.05) is 24.1 Å². The van der Waals surface area contributed by atoms with Gasteiger partial charge < -0.3 is 10.5 Å². The summed E-state index contributed by atoms with van der Waals surface area (Å²) >= 11 is 3.58. The Hall–Kier alpha value is -0.100. The molecule has 0 radical (unpaired) electrons. The Balaban J connectivity index is 2.07. The predicted molar refractivity (Wildman–Crippen MR) is 60.7 cm³/mol. The van der Waals surface area contributed by atoms with Crippen molar-refractivity contribution in [3.63, 3.8) is 0 Å². The van der Waals surface area contributed by atoms with Crippen molar-refractivity contribution in [2.24, 2.45) is 5.73 Å². The van der Waals surface area contributed by atoms with Gasteiger partial charge in [0.2, 0.25) is 0 Å². The minimum absolute atomic E-state index is 0.0243. The van der Waals surface area contributed by atoms with Crippen LogP contribution in [0.2, 0.25) is 0 Å². The number of hydrogen-bond acceptors (Lipinski definition) is 5. The van der Waals surface area contributed by atoms with Crippen LogP contribution in [0.5, 0.6) is 0 Å². The molecule has 1 aliphatic heterocycles. The highest BCUT2D eigenvalue weighted by molar-refractivity contribution is 7.99. The highest BCUT2D eigenvalue weighted by Gasteiger charge is 2.20. The minimum atomic E-state index is 0.0243. The molecule has 0 saturated carbocycles. The van der Waals surface area contributed by atoms with E-state index in [-0.39, 0.29) is 12.1 Å². The smallest absolute Gasteiger partial charge is 0.123 e. The van der Waals surface area contributed by atoms with Crippen LogP contribution in [-0.2, 0) is 4.74 Å². The van der Waals surface area contributed by atoms with Gasteiger partial charge in [-0.3, -0.25) is 0 Å². The number of rotatable bonds is 2. The van der Waals surface area contributed by atoms with Gasteiger partial charge >= 0.3 is 0 Å². The molecule has 0 bridgehead atoms. The van der Waals surface area contributed by atoms with Gasteiger partial charge in [0.1, 0.15) is 11.1 Å². The Morgan fingerprint density at radius 1 is 1.71 bits per heavy atom. The molecule has 78 valence electrons. The fourth-order valence-corrected chi connectivity index (χ4v) is 3.21. The molecular formula is C9H14N2OS2. The van der Waals surface area contributed by atoms with E-state index in [4.69, 9.17) is 10.5 Å². The third-order valence-electron chi connectivity index (χ3n) is 2.10. The minimum Gasteiger partial charge on any atom is -0.369 e. The Kier molecular flexibility index (Phi) is 3.43. The van der Waals surface area contributed by atoms with E-state index in [1.54, 1.807) is 11.3 Å².